The molecule has 5 nitrogen and oxygen atoms in total. The first-order chi connectivity index (χ1) is 11.0. The lowest BCUT2D eigenvalue weighted by Gasteiger charge is -2.42. The zero-order valence-electron chi connectivity index (χ0n) is 12.3. The van der Waals surface area contributed by atoms with Crippen LogP contribution in [-0.2, 0) is 19.4 Å². The number of phenolic OH excluding ortho intramolecular Hbond substituents is 4. The summed E-state index contributed by atoms with van der Waals surface area (Å²) in [5, 5.41) is 39.8. The molecule has 0 bridgehead atoms. The van der Waals surface area contributed by atoms with E-state index in [0.717, 1.165) is 29.7 Å². The standard InChI is InChI=1S/C17H16ClNO4/c18-12-6-16(22)17(23)11-7-19-2-1-8-3-14(20)15(21)5-9(8)13(19)4-10(11)12/h3,5-6,13,20-23H,1-2,4,7H2. The minimum atomic E-state index is -0.202. The van der Waals surface area contributed by atoms with E-state index in [2.05, 4.69) is 4.90 Å². The Kier molecular flexibility index (Phi) is 3.11. The molecule has 2 heterocycles. The molecule has 1 unspecified atom stereocenters. The van der Waals surface area contributed by atoms with Crippen LogP contribution in [0.15, 0.2) is 18.2 Å². The van der Waals surface area contributed by atoms with Crippen molar-refractivity contribution in [2.24, 2.45) is 0 Å². The Morgan fingerprint density at radius 3 is 2.48 bits per heavy atom. The van der Waals surface area contributed by atoms with Gasteiger partial charge in [-0.3, -0.25) is 4.90 Å². The molecule has 2 aromatic carbocycles. The molecule has 2 aliphatic heterocycles. The van der Waals surface area contributed by atoms with Crippen LogP contribution in [0, 0.1) is 0 Å². The molecule has 0 aromatic heterocycles. The summed E-state index contributed by atoms with van der Waals surface area (Å²) in [5.41, 5.74) is 3.48. The van der Waals surface area contributed by atoms with Crippen LogP contribution in [0.2, 0.25) is 5.02 Å². The zero-order chi connectivity index (χ0) is 16.3. The van der Waals surface area contributed by atoms with E-state index < -0.39 is 0 Å². The van der Waals surface area contributed by atoms with Gasteiger partial charge in [0.1, 0.15) is 0 Å². The number of fused-ring (bicyclic) bond motifs is 4. The Labute approximate surface area is 138 Å². The van der Waals surface area contributed by atoms with Crippen molar-refractivity contribution < 1.29 is 20.4 Å². The summed E-state index contributed by atoms with van der Waals surface area (Å²) in [6.45, 7) is 1.26. The van der Waals surface area contributed by atoms with Gasteiger partial charge in [-0.2, -0.15) is 0 Å². The highest BCUT2D eigenvalue weighted by Crippen LogP contribution is 2.47. The van der Waals surface area contributed by atoms with E-state index in [1.54, 1.807) is 12.1 Å². The maximum Gasteiger partial charge on any atom is 0.162 e. The molecule has 4 rings (SSSR count). The average molecular weight is 334 g/mol. The lowest BCUT2D eigenvalue weighted by molar-refractivity contribution is 0.157. The first-order valence-corrected chi connectivity index (χ1v) is 7.84. The fourth-order valence-corrected chi connectivity index (χ4v) is 4.01. The van der Waals surface area contributed by atoms with Gasteiger partial charge in [0.15, 0.2) is 23.0 Å². The molecule has 23 heavy (non-hydrogen) atoms. The van der Waals surface area contributed by atoms with Crippen LogP contribution in [0.5, 0.6) is 23.0 Å². The van der Waals surface area contributed by atoms with Gasteiger partial charge in [0.2, 0.25) is 0 Å². The fraction of sp³-hybridized carbons (Fsp3) is 0.294. The second-order valence-corrected chi connectivity index (χ2v) is 6.57. The first-order valence-electron chi connectivity index (χ1n) is 7.46. The van der Waals surface area contributed by atoms with Gasteiger partial charge in [0, 0.05) is 35.8 Å². The molecule has 0 amide bonds. The number of halogens is 1. The molecule has 120 valence electrons. The van der Waals surface area contributed by atoms with Crippen LogP contribution in [0.25, 0.3) is 0 Å². The highest BCUT2D eigenvalue weighted by atomic mass is 35.5. The van der Waals surface area contributed by atoms with E-state index >= 15 is 0 Å². The molecule has 0 saturated heterocycles. The Hall–Kier alpha value is -2.11. The number of hydrogen-bond acceptors (Lipinski definition) is 5. The number of phenols is 4. The van der Waals surface area contributed by atoms with E-state index in [1.165, 1.54) is 6.07 Å². The highest BCUT2D eigenvalue weighted by Gasteiger charge is 2.35. The van der Waals surface area contributed by atoms with Crippen LogP contribution < -0.4 is 0 Å². The van der Waals surface area contributed by atoms with Crippen LogP contribution in [0.4, 0.5) is 0 Å². The van der Waals surface area contributed by atoms with E-state index in [0.29, 0.717) is 23.6 Å². The second kappa shape index (κ2) is 4.94. The van der Waals surface area contributed by atoms with Gasteiger partial charge >= 0.3 is 0 Å². The van der Waals surface area contributed by atoms with Crippen LogP contribution in [-0.4, -0.2) is 31.9 Å². The molecule has 0 fully saturated rings. The molecular formula is C17H16ClNO4. The topological polar surface area (TPSA) is 84.2 Å². The number of hydrogen-bond donors (Lipinski definition) is 4. The van der Waals surface area contributed by atoms with E-state index in [-0.39, 0.29) is 29.0 Å². The zero-order valence-corrected chi connectivity index (χ0v) is 13.0. The van der Waals surface area contributed by atoms with Crippen molar-refractivity contribution in [3.05, 3.63) is 45.5 Å². The third-order valence-electron chi connectivity index (χ3n) is 4.91. The summed E-state index contributed by atoms with van der Waals surface area (Å²) in [6.07, 6.45) is 1.33. The molecule has 1 atom stereocenters. The third-order valence-corrected chi connectivity index (χ3v) is 5.24. The Bertz CT molecular complexity index is 821. The molecule has 0 radical (unpaired) electrons. The van der Waals surface area contributed by atoms with Gasteiger partial charge in [-0.15, -0.1) is 0 Å². The number of nitrogens with zero attached hydrogens (tertiary/aromatic N) is 1. The van der Waals surface area contributed by atoms with Gasteiger partial charge < -0.3 is 20.4 Å². The second-order valence-electron chi connectivity index (χ2n) is 6.16. The molecule has 0 aliphatic carbocycles. The largest absolute Gasteiger partial charge is 0.504 e. The molecule has 0 saturated carbocycles. The average Bonchev–Trinajstić information content (AvgIpc) is 2.53. The van der Waals surface area contributed by atoms with Crippen molar-refractivity contribution in [2.45, 2.75) is 25.4 Å². The quantitative estimate of drug-likeness (QED) is 0.557. The normalized spacial score (nSPS) is 19.8. The molecule has 0 spiro atoms. The van der Waals surface area contributed by atoms with Crippen molar-refractivity contribution in [3.8, 4) is 23.0 Å². The number of rotatable bonds is 0. The van der Waals surface area contributed by atoms with Gasteiger partial charge in [0.25, 0.3) is 0 Å². The smallest absolute Gasteiger partial charge is 0.162 e. The van der Waals surface area contributed by atoms with Gasteiger partial charge in [-0.1, -0.05) is 11.6 Å². The lowest BCUT2D eigenvalue weighted by Crippen LogP contribution is -2.39. The van der Waals surface area contributed by atoms with Crippen LogP contribution >= 0.6 is 11.6 Å². The lowest BCUT2D eigenvalue weighted by atomic mass is 9.83. The van der Waals surface area contributed by atoms with Gasteiger partial charge in [-0.05, 0) is 41.7 Å². The fourth-order valence-electron chi connectivity index (χ4n) is 3.71. The SMILES string of the molecule is Oc1cc2c(cc1O)C1Cc3c(Cl)cc(O)c(O)c3CN1CC2. The Balaban J connectivity index is 1.83. The van der Waals surface area contributed by atoms with E-state index in [4.69, 9.17) is 11.6 Å². The molecule has 6 heteroatoms. The Morgan fingerprint density at radius 2 is 1.70 bits per heavy atom. The summed E-state index contributed by atoms with van der Waals surface area (Å²) in [7, 11) is 0. The minimum Gasteiger partial charge on any atom is -0.504 e. The van der Waals surface area contributed by atoms with E-state index in [1.807, 2.05) is 0 Å². The minimum absolute atomic E-state index is 0.0270. The van der Waals surface area contributed by atoms with Crippen molar-refractivity contribution in [3.63, 3.8) is 0 Å². The molecule has 2 aliphatic rings. The number of benzene rings is 2. The summed E-state index contributed by atoms with van der Waals surface area (Å²) < 4.78 is 0. The third kappa shape index (κ3) is 2.11. The summed E-state index contributed by atoms with van der Waals surface area (Å²) in [5.74, 6) is -0.542. The van der Waals surface area contributed by atoms with Crippen LogP contribution in [0.3, 0.4) is 0 Å². The van der Waals surface area contributed by atoms with Crippen molar-refractivity contribution in [2.75, 3.05) is 6.54 Å². The van der Waals surface area contributed by atoms with Crippen molar-refractivity contribution in [1.29, 1.82) is 0 Å². The van der Waals surface area contributed by atoms with Crippen molar-refractivity contribution >= 4 is 11.6 Å². The summed E-state index contributed by atoms with van der Waals surface area (Å²) in [6, 6.07) is 4.62. The van der Waals surface area contributed by atoms with E-state index in [9.17, 15) is 20.4 Å². The van der Waals surface area contributed by atoms with Crippen molar-refractivity contribution in [1.82, 2.24) is 4.90 Å². The maximum absolute atomic E-state index is 10.1. The maximum atomic E-state index is 10.1. The molecule has 2 aromatic rings. The predicted molar refractivity (Wildman–Crippen MR) is 85.1 cm³/mol. The summed E-state index contributed by atoms with van der Waals surface area (Å²) >= 11 is 6.26. The molecular weight excluding hydrogens is 318 g/mol. The van der Waals surface area contributed by atoms with Crippen LogP contribution in [0.1, 0.15) is 28.3 Å². The predicted octanol–water partition coefficient (Wildman–Crippen LogP) is 2.82. The molecule has 4 N–H and O–H groups in total. The first kappa shape index (κ1) is 14.5. The van der Waals surface area contributed by atoms with Gasteiger partial charge in [-0.25, -0.2) is 0 Å². The monoisotopic (exact) mass is 333 g/mol. The summed E-state index contributed by atoms with van der Waals surface area (Å²) in [4.78, 5) is 2.19. The highest BCUT2D eigenvalue weighted by molar-refractivity contribution is 6.31. The van der Waals surface area contributed by atoms with Gasteiger partial charge in [0.05, 0.1) is 0 Å². The number of aromatic hydroxyl groups is 4. The Morgan fingerprint density at radius 1 is 0.957 bits per heavy atom.